The zero-order chi connectivity index (χ0) is 18.4. The first-order chi connectivity index (χ1) is 11.9. The number of carbonyl (C=O) groups is 1. The van der Waals surface area contributed by atoms with E-state index >= 15 is 0 Å². The highest BCUT2D eigenvalue weighted by Gasteiger charge is 2.09. The molecule has 25 heavy (non-hydrogen) atoms. The first kappa shape index (κ1) is 19.1. The van der Waals surface area contributed by atoms with Crippen molar-refractivity contribution in [3.8, 4) is 11.5 Å². The SMILES string of the molecule is COc1cc(/C=C/C(=O)Nc2ccc(C(C)C)cc2)cc(Br)c1OC. The van der Waals surface area contributed by atoms with Crippen LogP contribution >= 0.6 is 15.9 Å². The summed E-state index contributed by atoms with van der Waals surface area (Å²) in [6.07, 6.45) is 3.22. The molecular weight excluding hydrogens is 382 g/mol. The number of halogens is 1. The smallest absolute Gasteiger partial charge is 0.248 e. The maximum Gasteiger partial charge on any atom is 0.248 e. The van der Waals surface area contributed by atoms with Crippen molar-refractivity contribution in [1.29, 1.82) is 0 Å². The van der Waals surface area contributed by atoms with Gasteiger partial charge in [-0.2, -0.15) is 0 Å². The zero-order valence-electron chi connectivity index (χ0n) is 14.8. The van der Waals surface area contributed by atoms with E-state index in [2.05, 4.69) is 35.1 Å². The molecule has 4 nitrogen and oxygen atoms in total. The molecule has 0 aliphatic carbocycles. The fraction of sp³-hybridized carbons (Fsp3) is 0.250. The lowest BCUT2D eigenvalue weighted by Gasteiger charge is -2.10. The standard InChI is InChI=1S/C20H22BrNO3/c1-13(2)15-6-8-16(9-7-15)22-19(23)10-5-14-11-17(21)20(25-4)18(12-14)24-3/h5-13H,1-4H3,(H,22,23)/b10-5+. The summed E-state index contributed by atoms with van der Waals surface area (Å²) in [4.78, 5) is 12.1. The molecule has 0 aromatic heterocycles. The van der Waals surface area contributed by atoms with Crippen LogP contribution in [0.15, 0.2) is 46.9 Å². The van der Waals surface area contributed by atoms with Crippen molar-refractivity contribution >= 4 is 33.6 Å². The van der Waals surface area contributed by atoms with E-state index in [-0.39, 0.29) is 5.91 Å². The number of anilines is 1. The molecule has 0 aliphatic rings. The first-order valence-electron chi connectivity index (χ1n) is 7.95. The molecule has 0 atom stereocenters. The van der Waals surface area contributed by atoms with Crippen molar-refractivity contribution in [1.82, 2.24) is 0 Å². The van der Waals surface area contributed by atoms with E-state index in [1.807, 2.05) is 36.4 Å². The lowest BCUT2D eigenvalue weighted by Crippen LogP contribution is -2.07. The van der Waals surface area contributed by atoms with E-state index in [0.717, 1.165) is 15.7 Å². The van der Waals surface area contributed by atoms with Gasteiger partial charge in [-0.1, -0.05) is 26.0 Å². The van der Waals surface area contributed by atoms with Gasteiger partial charge >= 0.3 is 0 Å². The van der Waals surface area contributed by atoms with Gasteiger partial charge in [-0.15, -0.1) is 0 Å². The minimum absolute atomic E-state index is 0.191. The van der Waals surface area contributed by atoms with Crippen LogP contribution in [0, 0.1) is 0 Å². The largest absolute Gasteiger partial charge is 0.493 e. The highest BCUT2D eigenvalue weighted by Crippen LogP contribution is 2.36. The molecule has 0 saturated heterocycles. The maximum absolute atomic E-state index is 12.1. The Morgan fingerprint density at radius 3 is 2.36 bits per heavy atom. The summed E-state index contributed by atoms with van der Waals surface area (Å²) in [5, 5.41) is 2.85. The predicted octanol–water partition coefficient (Wildman–Crippen LogP) is 5.24. The van der Waals surface area contributed by atoms with Crippen LogP contribution in [0.4, 0.5) is 5.69 Å². The number of methoxy groups -OCH3 is 2. The topological polar surface area (TPSA) is 47.6 Å². The zero-order valence-corrected chi connectivity index (χ0v) is 16.4. The van der Waals surface area contributed by atoms with Gasteiger partial charge in [0.05, 0.1) is 18.7 Å². The van der Waals surface area contributed by atoms with Crippen LogP contribution in [-0.2, 0) is 4.79 Å². The Balaban J connectivity index is 2.08. The third kappa shape index (κ3) is 5.10. The molecule has 5 heteroatoms. The van der Waals surface area contributed by atoms with E-state index in [1.54, 1.807) is 20.3 Å². The lowest BCUT2D eigenvalue weighted by molar-refractivity contribution is -0.111. The minimum Gasteiger partial charge on any atom is -0.493 e. The predicted molar refractivity (Wildman–Crippen MR) is 105 cm³/mol. The molecule has 0 saturated carbocycles. The van der Waals surface area contributed by atoms with Crippen LogP contribution in [0.5, 0.6) is 11.5 Å². The first-order valence-corrected chi connectivity index (χ1v) is 8.74. The van der Waals surface area contributed by atoms with Gasteiger partial charge in [-0.05, 0) is 63.3 Å². The van der Waals surface area contributed by atoms with Gasteiger partial charge in [0.1, 0.15) is 0 Å². The summed E-state index contributed by atoms with van der Waals surface area (Å²) in [6, 6.07) is 11.5. The number of hydrogen-bond acceptors (Lipinski definition) is 3. The number of ether oxygens (including phenoxy) is 2. The Hall–Kier alpha value is -2.27. The van der Waals surface area contributed by atoms with Gasteiger partial charge in [0, 0.05) is 11.8 Å². The summed E-state index contributed by atoms with van der Waals surface area (Å²) in [6.45, 7) is 4.27. The molecule has 1 amide bonds. The van der Waals surface area contributed by atoms with E-state index in [9.17, 15) is 4.79 Å². The summed E-state index contributed by atoms with van der Waals surface area (Å²) in [7, 11) is 3.15. The Labute approximate surface area is 157 Å². The molecule has 0 radical (unpaired) electrons. The molecule has 2 aromatic rings. The second-order valence-corrected chi connectivity index (χ2v) is 6.69. The summed E-state index contributed by atoms with van der Waals surface area (Å²) < 4.78 is 11.3. The molecule has 0 fully saturated rings. The quantitative estimate of drug-likeness (QED) is 0.670. The van der Waals surface area contributed by atoms with Gasteiger partial charge in [0.25, 0.3) is 0 Å². The van der Waals surface area contributed by atoms with E-state index in [4.69, 9.17) is 9.47 Å². The van der Waals surface area contributed by atoms with Crippen molar-refractivity contribution in [2.75, 3.05) is 19.5 Å². The summed E-state index contributed by atoms with van der Waals surface area (Å²) in [5.74, 6) is 1.49. The number of rotatable bonds is 6. The average molecular weight is 404 g/mol. The number of amides is 1. The average Bonchev–Trinajstić information content (AvgIpc) is 2.59. The van der Waals surface area contributed by atoms with Crippen LogP contribution in [0.25, 0.3) is 6.08 Å². The van der Waals surface area contributed by atoms with Crippen LogP contribution in [-0.4, -0.2) is 20.1 Å². The van der Waals surface area contributed by atoms with Crippen LogP contribution in [0.1, 0.15) is 30.9 Å². The summed E-state index contributed by atoms with van der Waals surface area (Å²) in [5.41, 5.74) is 2.84. The third-order valence-electron chi connectivity index (χ3n) is 3.73. The third-order valence-corrected chi connectivity index (χ3v) is 4.32. The van der Waals surface area contributed by atoms with Gasteiger partial charge < -0.3 is 14.8 Å². The lowest BCUT2D eigenvalue weighted by atomic mass is 10.0. The van der Waals surface area contributed by atoms with Crippen molar-refractivity contribution in [2.24, 2.45) is 0 Å². The van der Waals surface area contributed by atoms with Gasteiger partial charge in [-0.3, -0.25) is 4.79 Å². The van der Waals surface area contributed by atoms with Gasteiger partial charge in [0.2, 0.25) is 5.91 Å². The molecular formula is C20H22BrNO3. The number of carbonyl (C=O) groups excluding carboxylic acids is 1. The maximum atomic E-state index is 12.1. The van der Waals surface area contributed by atoms with Gasteiger partial charge in [0.15, 0.2) is 11.5 Å². The number of nitrogens with one attached hydrogen (secondary N) is 1. The van der Waals surface area contributed by atoms with E-state index < -0.39 is 0 Å². The second kappa shape index (κ2) is 8.72. The van der Waals surface area contributed by atoms with Crippen molar-refractivity contribution in [3.63, 3.8) is 0 Å². The Morgan fingerprint density at radius 2 is 1.80 bits per heavy atom. The fourth-order valence-corrected chi connectivity index (χ4v) is 2.96. The highest BCUT2D eigenvalue weighted by molar-refractivity contribution is 9.10. The molecule has 1 N–H and O–H groups in total. The van der Waals surface area contributed by atoms with Crippen LogP contribution in [0.3, 0.4) is 0 Å². The molecule has 0 aliphatic heterocycles. The molecule has 2 aromatic carbocycles. The minimum atomic E-state index is -0.191. The van der Waals surface area contributed by atoms with Crippen molar-refractivity contribution in [3.05, 3.63) is 58.1 Å². The Morgan fingerprint density at radius 1 is 1.12 bits per heavy atom. The molecule has 0 unspecified atom stereocenters. The monoisotopic (exact) mass is 403 g/mol. The normalized spacial score (nSPS) is 11.0. The Kier molecular flexibility index (Phi) is 6.65. The van der Waals surface area contributed by atoms with E-state index in [0.29, 0.717) is 17.4 Å². The fourth-order valence-electron chi connectivity index (χ4n) is 2.34. The van der Waals surface area contributed by atoms with Gasteiger partial charge in [-0.25, -0.2) is 0 Å². The van der Waals surface area contributed by atoms with Crippen LogP contribution < -0.4 is 14.8 Å². The molecule has 0 spiro atoms. The number of benzene rings is 2. The van der Waals surface area contributed by atoms with Crippen molar-refractivity contribution in [2.45, 2.75) is 19.8 Å². The van der Waals surface area contributed by atoms with E-state index in [1.165, 1.54) is 11.6 Å². The second-order valence-electron chi connectivity index (χ2n) is 5.84. The number of hydrogen-bond donors (Lipinski definition) is 1. The molecule has 2 rings (SSSR count). The molecule has 0 heterocycles. The Bertz CT molecular complexity index is 767. The molecule has 0 bridgehead atoms. The van der Waals surface area contributed by atoms with Crippen molar-refractivity contribution < 1.29 is 14.3 Å². The highest BCUT2D eigenvalue weighted by atomic mass is 79.9. The van der Waals surface area contributed by atoms with Crippen LogP contribution in [0.2, 0.25) is 0 Å². The molecule has 132 valence electrons. The summed E-state index contributed by atoms with van der Waals surface area (Å²) >= 11 is 3.44.